The van der Waals surface area contributed by atoms with Gasteiger partial charge in [-0.3, -0.25) is 0 Å². The second kappa shape index (κ2) is 12.3. The lowest BCUT2D eigenvalue weighted by Crippen LogP contribution is -2.46. The molecule has 0 aliphatic heterocycles. The molecule has 5 nitrogen and oxygen atoms in total. The lowest BCUT2D eigenvalue weighted by molar-refractivity contribution is -0.00482. The van der Waals surface area contributed by atoms with E-state index in [2.05, 4.69) is 5.32 Å². The number of methoxy groups -OCH3 is 1. The van der Waals surface area contributed by atoms with E-state index in [1.165, 1.54) is 0 Å². The van der Waals surface area contributed by atoms with Gasteiger partial charge >= 0.3 is 0 Å². The first-order chi connectivity index (χ1) is 17.1. The van der Waals surface area contributed by atoms with Crippen molar-refractivity contribution < 1.29 is 23.7 Å². The fourth-order valence-corrected chi connectivity index (χ4v) is 4.00. The summed E-state index contributed by atoms with van der Waals surface area (Å²) in [5, 5.41) is 13.9. The van der Waals surface area contributed by atoms with Gasteiger partial charge in [0.2, 0.25) is 0 Å². The van der Waals surface area contributed by atoms with Crippen LogP contribution in [-0.2, 0) is 11.2 Å². The largest absolute Gasteiger partial charge is 0.493 e. The van der Waals surface area contributed by atoms with Gasteiger partial charge in [0.25, 0.3) is 0 Å². The first kappa shape index (κ1) is 27.7. The Balaban J connectivity index is 1.55. The highest BCUT2D eigenvalue weighted by molar-refractivity contribution is 5.47. The third-order valence-corrected chi connectivity index (χ3v) is 6.13. The fourth-order valence-electron chi connectivity index (χ4n) is 4.00. The molecule has 0 aliphatic carbocycles. The summed E-state index contributed by atoms with van der Waals surface area (Å²) in [7, 11) is 1.62. The van der Waals surface area contributed by atoms with Gasteiger partial charge in [0.15, 0.2) is 11.5 Å². The molecule has 3 aromatic rings. The van der Waals surface area contributed by atoms with Crippen molar-refractivity contribution >= 4 is 0 Å². The standard InChI is InChI=1S/C30H38FNO4/c1-20-11-14-28(29(15-20)34-6)36-27-10-8-7-9-25(27)22(3)35-19-24(33)18-32-30(4,5)17-23-13-12-21(2)26(31)16-23/h7-16,22,24,32-33H,17-19H2,1-6H3/t22?,24-/m1/s1. The number of nitrogens with one attached hydrogen (secondary N) is 1. The Morgan fingerprint density at radius 1 is 0.972 bits per heavy atom. The highest BCUT2D eigenvalue weighted by atomic mass is 19.1. The van der Waals surface area contributed by atoms with Crippen molar-refractivity contribution in [2.45, 2.75) is 58.8 Å². The topological polar surface area (TPSA) is 60.0 Å². The van der Waals surface area contributed by atoms with E-state index in [1.807, 2.05) is 76.2 Å². The summed E-state index contributed by atoms with van der Waals surface area (Å²) in [4.78, 5) is 0. The van der Waals surface area contributed by atoms with Gasteiger partial charge in [-0.05, 0) is 82.0 Å². The van der Waals surface area contributed by atoms with E-state index in [-0.39, 0.29) is 24.1 Å². The number of β-amino-alcohol motifs (C(OH)–C–C–N with tert-alkyl or cyclic N) is 1. The molecule has 0 bridgehead atoms. The number of hydrogen-bond donors (Lipinski definition) is 2. The molecule has 0 saturated carbocycles. The molecule has 0 aromatic heterocycles. The summed E-state index contributed by atoms with van der Waals surface area (Å²) in [5.41, 5.74) is 3.19. The van der Waals surface area contributed by atoms with E-state index in [4.69, 9.17) is 14.2 Å². The summed E-state index contributed by atoms with van der Waals surface area (Å²) < 4.78 is 31.5. The second-order valence-electron chi connectivity index (χ2n) is 9.95. The summed E-state index contributed by atoms with van der Waals surface area (Å²) in [6.45, 7) is 10.3. The summed E-state index contributed by atoms with van der Waals surface area (Å²) >= 11 is 0. The number of aliphatic hydroxyl groups excluding tert-OH is 1. The fraction of sp³-hybridized carbons (Fsp3) is 0.400. The van der Waals surface area contributed by atoms with E-state index in [0.29, 0.717) is 35.8 Å². The van der Waals surface area contributed by atoms with Gasteiger partial charge in [0.05, 0.1) is 25.9 Å². The Hall–Kier alpha value is -2.93. The Kier molecular flexibility index (Phi) is 9.49. The maximum Gasteiger partial charge on any atom is 0.169 e. The van der Waals surface area contributed by atoms with Crippen LogP contribution in [0.4, 0.5) is 4.39 Å². The lowest BCUT2D eigenvalue weighted by Gasteiger charge is -2.28. The number of para-hydroxylation sites is 1. The molecule has 0 radical (unpaired) electrons. The quantitative estimate of drug-likeness (QED) is 0.309. The smallest absolute Gasteiger partial charge is 0.169 e. The van der Waals surface area contributed by atoms with Crippen LogP contribution in [0.25, 0.3) is 0 Å². The normalized spacial score (nSPS) is 13.3. The van der Waals surface area contributed by atoms with Crippen molar-refractivity contribution in [2.24, 2.45) is 0 Å². The molecule has 0 aliphatic rings. The zero-order chi connectivity index (χ0) is 26.3. The van der Waals surface area contributed by atoms with E-state index < -0.39 is 6.10 Å². The highest BCUT2D eigenvalue weighted by Crippen LogP contribution is 2.36. The highest BCUT2D eigenvalue weighted by Gasteiger charge is 2.21. The van der Waals surface area contributed by atoms with Crippen LogP contribution in [0.1, 0.15) is 49.1 Å². The van der Waals surface area contributed by atoms with Crippen LogP contribution in [0.3, 0.4) is 0 Å². The van der Waals surface area contributed by atoms with Gasteiger partial charge in [-0.15, -0.1) is 0 Å². The molecule has 3 rings (SSSR count). The molecule has 2 N–H and O–H groups in total. The molecule has 0 amide bonds. The summed E-state index contributed by atoms with van der Waals surface area (Å²) in [5.74, 6) is 1.76. The molecule has 3 aromatic carbocycles. The summed E-state index contributed by atoms with van der Waals surface area (Å²) in [6, 6.07) is 18.8. The second-order valence-corrected chi connectivity index (χ2v) is 9.95. The molecule has 6 heteroatoms. The van der Waals surface area contributed by atoms with Crippen LogP contribution >= 0.6 is 0 Å². The molecule has 0 spiro atoms. The monoisotopic (exact) mass is 495 g/mol. The van der Waals surface area contributed by atoms with Gasteiger partial charge in [-0.2, -0.15) is 0 Å². The summed E-state index contributed by atoms with van der Waals surface area (Å²) in [6.07, 6.45) is -0.357. The molecule has 2 atom stereocenters. The minimum absolute atomic E-state index is 0.158. The molecule has 0 fully saturated rings. The first-order valence-corrected chi connectivity index (χ1v) is 12.3. The van der Waals surface area contributed by atoms with Crippen LogP contribution in [0, 0.1) is 19.7 Å². The first-order valence-electron chi connectivity index (χ1n) is 12.3. The minimum Gasteiger partial charge on any atom is -0.493 e. The average molecular weight is 496 g/mol. The zero-order valence-electron chi connectivity index (χ0n) is 22.1. The van der Waals surface area contributed by atoms with Crippen molar-refractivity contribution in [3.05, 3.63) is 88.7 Å². The van der Waals surface area contributed by atoms with Gasteiger partial charge in [-0.25, -0.2) is 4.39 Å². The van der Waals surface area contributed by atoms with E-state index in [0.717, 1.165) is 16.7 Å². The molecular weight excluding hydrogens is 457 g/mol. The average Bonchev–Trinajstić information content (AvgIpc) is 2.84. The number of ether oxygens (including phenoxy) is 3. The predicted octanol–water partition coefficient (Wildman–Crippen LogP) is 6.29. The number of aryl methyl sites for hydroxylation is 2. The lowest BCUT2D eigenvalue weighted by atomic mass is 9.94. The van der Waals surface area contributed by atoms with Crippen LogP contribution in [0.5, 0.6) is 17.2 Å². The maximum absolute atomic E-state index is 13.9. The van der Waals surface area contributed by atoms with Crippen LogP contribution in [0.2, 0.25) is 0 Å². The van der Waals surface area contributed by atoms with Gasteiger partial charge in [0.1, 0.15) is 11.6 Å². The Morgan fingerprint density at radius 3 is 2.44 bits per heavy atom. The number of hydrogen-bond acceptors (Lipinski definition) is 5. The van der Waals surface area contributed by atoms with Gasteiger partial charge < -0.3 is 24.6 Å². The maximum atomic E-state index is 13.9. The molecule has 194 valence electrons. The Morgan fingerprint density at radius 2 is 1.72 bits per heavy atom. The number of rotatable bonds is 12. The van der Waals surface area contributed by atoms with Crippen molar-refractivity contribution in [2.75, 3.05) is 20.3 Å². The van der Waals surface area contributed by atoms with Crippen molar-refractivity contribution in [1.29, 1.82) is 0 Å². The zero-order valence-corrected chi connectivity index (χ0v) is 22.1. The van der Waals surface area contributed by atoms with Crippen LogP contribution in [-0.4, -0.2) is 37.0 Å². The van der Waals surface area contributed by atoms with E-state index >= 15 is 0 Å². The van der Waals surface area contributed by atoms with Crippen molar-refractivity contribution in [3.63, 3.8) is 0 Å². The van der Waals surface area contributed by atoms with Crippen molar-refractivity contribution in [3.8, 4) is 17.2 Å². The molecule has 0 saturated heterocycles. The minimum atomic E-state index is -0.702. The molecule has 36 heavy (non-hydrogen) atoms. The van der Waals surface area contributed by atoms with E-state index in [1.54, 1.807) is 26.2 Å². The van der Waals surface area contributed by atoms with Gasteiger partial charge in [-0.1, -0.05) is 36.4 Å². The Bertz CT molecular complexity index is 1150. The number of aliphatic hydroxyl groups is 1. The molecular formula is C30H38FNO4. The van der Waals surface area contributed by atoms with Gasteiger partial charge in [0, 0.05) is 17.6 Å². The molecule has 1 unspecified atom stereocenters. The number of halogens is 1. The SMILES string of the molecule is COc1cc(C)ccc1Oc1ccccc1C(C)OC[C@H](O)CNC(C)(C)Cc1ccc(C)c(F)c1. The predicted molar refractivity (Wildman–Crippen MR) is 142 cm³/mol. The van der Waals surface area contributed by atoms with E-state index in [9.17, 15) is 9.50 Å². The van der Waals surface area contributed by atoms with Crippen LogP contribution < -0.4 is 14.8 Å². The number of benzene rings is 3. The third kappa shape index (κ3) is 7.79. The molecule has 0 heterocycles. The van der Waals surface area contributed by atoms with Crippen LogP contribution in [0.15, 0.2) is 60.7 Å². The third-order valence-electron chi connectivity index (χ3n) is 6.13. The Labute approximate surface area is 214 Å². The van der Waals surface area contributed by atoms with Crippen molar-refractivity contribution in [1.82, 2.24) is 5.32 Å².